The van der Waals surface area contributed by atoms with Gasteiger partial charge in [-0.3, -0.25) is 4.90 Å². The van der Waals surface area contributed by atoms with E-state index in [0.29, 0.717) is 0 Å². The zero-order chi connectivity index (χ0) is 46.3. The van der Waals surface area contributed by atoms with E-state index in [1.807, 2.05) is 0 Å². The van der Waals surface area contributed by atoms with Crippen LogP contribution in [0.15, 0.2) is 0 Å². The first-order valence-electron chi connectivity index (χ1n) is 19.6. The van der Waals surface area contributed by atoms with Crippen LogP contribution in [0.4, 0.5) is 4.79 Å². The number of aliphatic hydroxyl groups is 15. The van der Waals surface area contributed by atoms with Crippen LogP contribution in [0, 0.1) is 0 Å². The van der Waals surface area contributed by atoms with Crippen LogP contribution in [0.2, 0.25) is 0 Å². The van der Waals surface area contributed by atoms with Gasteiger partial charge in [0.05, 0.1) is 103 Å². The van der Waals surface area contributed by atoms with Gasteiger partial charge in [0.25, 0.3) is 0 Å². The Kier molecular flexibility index (Phi) is 36.2. The molecule has 0 aliphatic carbocycles. The van der Waals surface area contributed by atoms with Crippen molar-refractivity contribution in [1.29, 1.82) is 0 Å². The summed E-state index contributed by atoms with van der Waals surface area (Å²) < 4.78 is 31.3. The Bertz CT molecular complexity index is 978. The fourth-order valence-electron chi connectivity index (χ4n) is 4.91. The van der Waals surface area contributed by atoms with Crippen molar-refractivity contribution in [1.82, 2.24) is 10.2 Å². The highest BCUT2D eigenvalue weighted by Crippen LogP contribution is 2.11. The van der Waals surface area contributed by atoms with Gasteiger partial charge in [-0.05, 0) is 33.6 Å². The van der Waals surface area contributed by atoms with Crippen LogP contribution < -0.4 is 5.32 Å². The summed E-state index contributed by atoms with van der Waals surface area (Å²) in [6.45, 7) is 0.528. The molecule has 0 fully saturated rings. The van der Waals surface area contributed by atoms with E-state index in [1.54, 1.807) is 20.8 Å². The van der Waals surface area contributed by atoms with Gasteiger partial charge in [-0.15, -0.1) is 0 Å². The molecule has 0 bridgehead atoms. The number of aliphatic hydroxyl groups excluding tert-OH is 15. The molecule has 0 spiro atoms. The molecule has 0 saturated carbocycles. The number of nitrogens with zero attached hydrogens (tertiary/aromatic N) is 1. The van der Waals surface area contributed by atoms with Gasteiger partial charge in [0.2, 0.25) is 0 Å². The van der Waals surface area contributed by atoms with Gasteiger partial charge >= 0.3 is 6.09 Å². The highest BCUT2D eigenvalue weighted by molar-refractivity contribution is 5.67. The molecule has 0 radical (unpaired) electrons. The summed E-state index contributed by atoms with van der Waals surface area (Å²) >= 11 is 0. The zero-order valence-corrected chi connectivity index (χ0v) is 35.2. The Hall–Kier alpha value is -1.57. The number of ether oxygens (including phenoxy) is 6. The molecule has 0 heterocycles. The predicted molar refractivity (Wildman–Crippen MR) is 208 cm³/mol. The molecular weight excluding hydrogens is 812 g/mol. The molecule has 0 aromatic carbocycles. The van der Waals surface area contributed by atoms with Gasteiger partial charge in [-0.1, -0.05) is 0 Å². The van der Waals surface area contributed by atoms with Gasteiger partial charge in [-0.2, -0.15) is 0 Å². The number of amides is 1. The molecule has 1 amide bonds. The van der Waals surface area contributed by atoms with Crippen LogP contribution >= 0.6 is 0 Å². The summed E-state index contributed by atoms with van der Waals surface area (Å²) in [6, 6.07) is 0. The van der Waals surface area contributed by atoms with Crippen molar-refractivity contribution < 1.29 is 110 Å². The largest absolute Gasteiger partial charge is 0.444 e. The lowest BCUT2D eigenvalue weighted by Gasteiger charge is -2.33. The highest BCUT2D eigenvalue weighted by Gasteiger charge is 2.31. The third-order valence-corrected chi connectivity index (χ3v) is 7.77. The molecule has 24 nitrogen and oxygen atoms in total. The van der Waals surface area contributed by atoms with E-state index >= 15 is 0 Å². The van der Waals surface area contributed by atoms with E-state index < -0.39 is 111 Å². The minimum Gasteiger partial charge on any atom is -0.444 e. The molecule has 0 aromatic rings. The standard InChI is InChI=1S/C35H72N2O21.CH4O/c1-35(2,3)58-34(52)36-8-22(40)12-53-14-24(42)16-55-18-26(44)20-57-21-27(45)19-56-17-25(43)15-54-13-23(41)9-37(10-30(48)32(50)28(46)4-6-38)11-31(49)33(51)29(47)5-7-39;1-2/h22-33,38-51H,4-21H2,1-3H3,(H,36,52);2H,1H3. The fourth-order valence-corrected chi connectivity index (χ4v) is 4.91. The zero-order valence-electron chi connectivity index (χ0n) is 35.2. The maximum absolute atomic E-state index is 11.6. The molecule has 0 aliphatic rings. The lowest BCUT2D eigenvalue weighted by atomic mass is 10.0. The smallest absolute Gasteiger partial charge is 0.407 e. The van der Waals surface area contributed by atoms with Crippen molar-refractivity contribution in [3.8, 4) is 0 Å². The Balaban J connectivity index is 0. The molecule has 0 saturated heterocycles. The van der Waals surface area contributed by atoms with Crippen molar-refractivity contribution >= 4 is 6.09 Å². The summed E-state index contributed by atoms with van der Waals surface area (Å²) in [4.78, 5) is 12.8. The second kappa shape index (κ2) is 35.8. The van der Waals surface area contributed by atoms with Gasteiger partial charge in [0, 0.05) is 46.5 Å². The van der Waals surface area contributed by atoms with Crippen LogP contribution in [-0.4, -0.2) is 279 Å². The number of rotatable bonds is 36. The summed E-state index contributed by atoms with van der Waals surface area (Å²) in [7, 11) is 1.00. The molecule has 0 aromatic heterocycles. The first-order chi connectivity index (χ1) is 28.2. The van der Waals surface area contributed by atoms with Gasteiger partial charge in [-0.25, -0.2) is 4.79 Å². The van der Waals surface area contributed by atoms with Crippen molar-refractivity contribution in [2.75, 3.05) is 113 Å². The Morgan fingerprint density at radius 2 is 0.783 bits per heavy atom. The lowest BCUT2D eigenvalue weighted by Crippen LogP contribution is -2.51. The summed E-state index contributed by atoms with van der Waals surface area (Å²) in [5.41, 5.74) is -0.683. The second-order valence-corrected chi connectivity index (χ2v) is 15.0. The van der Waals surface area contributed by atoms with E-state index in [2.05, 4.69) is 5.32 Å². The third kappa shape index (κ3) is 33.0. The normalized spacial score (nSPS) is 18.2. The van der Waals surface area contributed by atoms with Crippen LogP contribution in [0.1, 0.15) is 33.6 Å². The van der Waals surface area contributed by atoms with E-state index in [1.165, 1.54) is 4.90 Å². The molecule has 16 N–H and O–H groups in total. The number of hydrogen-bond donors (Lipinski definition) is 16. The Morgan fingerprint density at radius 3 is 1.08 bits per heavy atom. The average molecular weight is 889 g/mol. The van der Waals surface area contributed by atoms with Crippen LogP contribution in [0.25, 0.3) is 0 Å². The number of nitrogens with one attached hydrogen (secondary N) is 1. The lowest BCUT2D eigenvalue weighted by molar-refractivity contribution is -0.0996. The number of hydrogen-bond acceptors (Lipinski definition) is 23. The molecule has 60 heavy (non-hydrogen) atoms. The molecule has 24 heteroatoms. The quantitative estimate of drug-likeness (QED) is 0.0278. The monoisotopic (exact) mass is 888 g/mol. The van der Waals surface area contributed by atoms with Crippen LogP contribution in [0.3, 0.4) is 0 Å². The highest BCUT2D eigenvalue weighted by atomic mass is 16.6. The maximum atomic E-state index is 11.6. The summed E-state index contributed by atoms with van der Waals surface area (Å²) in [5, 5.41) is 149. The summed E-state index contributed by atoms with van der Waals surface area (Å²) in [5.74, 6) is 0. The van der Waals surface area contributed by atoms with E-state index in [0.717, 1.165) is 7.11 Å². The van der Waals surface area contributed by atoms with E-state index in [9.17, 15) is 66.1 Å². The minimum absolute atomic E-state index is 0.116. The predicted octanol–water partition coefficient (Wildman–Crippen LogP) is -7.40. The Morgan fingerprint density at radius 1 is 0.483 bits per heavy atom. The van der Waals surface area contributed by atoms with Crippen molar-refractivity contribution in [2.45, 2.75) is 112 Å². The topological polar surface area (TPSA) is 391 Å². The van der Waals surface area contributed by atoms with E-state index in [4.69, 9.17) is 43.7 Å². The molecule has 12 atom stereocenters. The van der Waals surface area contributed by atoms with Crippen molar-refractivity contribution in [3.05, 3.63) is 0 Å². The number of carbonyl (C=O) groups is 1. The SMILES string of the molecule is CC(C)(C)OC(=O)NCC(O)COCC(O)COCC(O)COCC(O)COCC(O)COCC(O)CN(CC(O)C(O)C(O)CCO)CC(O)C(O)C(O)CCO.CO. The van der Waals surface area contributed by atoms with Crippen LogP contribution in [-0.2, 0) is 28.4 Å². The van der Waals surface area contributed by atoms with Gasteiger partial charge < -0.3 is 110 Å². The third-order valence-electron chi connectivity index (χ3n) is 7.77. The fraction of sp³-hybridized carbons (Fsp3) is 0.972. The first kappa shape index (κ1) is 60.5. The molecule has 0 rings (SSSR count). The number of carbonyl (C=O) groups excluding carboxylic acids is 1. The molecule has 12 unspecified atom stereocenters. The Labute approximate surface area is 351 Å². The molecule has 0 aliphatic heterocycles. The van der Waals surface area contributed by atoms with Crippen molar-refractivity contribution in [2.24, 2.45) is 0 Å². The van der Waals surface area contributed by atoms with E-state index in [-0.39, 0.29) is 92.0 Å². The molecule has 362 valence electrons. The second-order valence-electron chi connectivity index (χ2n) is 15.0. The first-order valence-corrected chi connectivity index (χ1v) is 19.6. The number of alkyl carbamates (subject to hydrolysis) is 1. The maximum Gasteiger partial charge on any atom is 0.407 e. The van der Waals surface area contributed by atoms with Gasteiger partial charge in [0.1, 0.15) is 42.2 Å². The van der Waals surface area contributed by atoms with Crippen LogP contribution in [0.5, 0.6) is 0 Å². The van der Waals surface area contributed by atoms with Gasteiger partial charge in [0.15, 0.2) is 0 Å². The average Bonchev–Trinajstić information content (AvgIpc) is 3.16. The summed E-state index contributed by atoms with van der Waals surface area (Å²) in [6.07, 6.45) is -17.5. The van der Waals surface area contributed by atoms with Crippen molar-refractivity contribution in [3.63, 3.8) is 0 Å². The minimum atomic E-state index is -1.70. The molecular formula is C36H76N2O22.